The van der Waals surface area contributed by atoms with Crippen LogP contribution in [0, 0.1) is 0 Å². The fourth-order valence-corrected chi connectivity index (χ4v) is 2.62. The number of ether oxygens (including phenoxy) is 1. The first-order valence-corrected chi connectivity index (χ1v) is 6.37. The molecule has 1 aromatic rings. The number of likely N-dealkylation sites (tertiary alicyclic amines) is 1. The Hall–Kier alpha value is -1.22. The fraction of sp³-hybridized carbons (Fsp3) is 0.571. The van der Waals surface area contributed by atoms with E-state index in [-0.39, 0.29) is 0 Å². The van der Waals surface area contributed by atoms with Crippen molar-refractivity contribution in [3.05, 3.63) is 24.3 Å². The molecule has 1 aromatic carbocycles. The van der Waals surface area contributed by atoms with Gasteiger partial charge < -0.3 is 9.64 Å². The summed E-state index contributed by atoms with van der Waals surface area (Å²) < 4.78 is 5.28. The number of methoxy groups -OCH3 is 1. The van der Waals surface area contributed by atoms with Gasteiger partial charge in [-0.15, -0.1) is 0 Å². The largest absolute Gasteiger partial charge is 0.497 e. The van der Waals surface area contributed by atoms with E-state index in [1.54, 1.807) is 7.11 Å². The summed E-state index contributed by atoms with van der Waals surface area (Å²) >= 11 is 0. The third kappa shape index (κ3) is 2.55. The maximum atomic E-state index is 5.28. The normalized spacial score (nSPS) is 20.5. The molecule has 0 spiro atoms. The quantitative estimate of drug-likeness (QED) is 0.796. The number of nitrogens with zero attached hydrogens (tertiary/aromatic N) is 2. The minimum atomic E-state index is 0.534. The summed E-state index contributed by atoms with van der Waals surface area (Å²) in [5.74, 6) is 0.926. The van der Waals surface area contributed by atoms with Crippen molar-refractivity contribution in [2.45, 2.75) is 25.9 Å². The first-order valence-electron chi connectivity index (χ1n) is 6.37. The third-order valence-electron chi connectivity index (χ3n) is 3.64. The molecule has 0 radical (unpaired) electrons. The standard InChI is InChI=1S/C14H22N2O/c1-4-16-10-6-9-14(16)15(2)12-7-5-8-13(11-12)17-3/h5,7-8,11,14H,4,6,9-10H2,1-3H3. The molecule has 1 unspecified atom stereocenters. The summed E-state index contributed by atoms with van der Waals surface area (Å²) in [6, 6.07) is 8.29. The molecule has 1 atom stereocenters. The van der Waals surface area contributed by atoms with Crippen LogP contribution in [0.15, 0.2) is 24.3 Å². The Morgan fingerprint density at radius 1 is 1.47 bits per heavy atom. The second-order valence-corrected chi connectivity index (χ2v) is 4.56. The van der Waals surface area contributed by atoms with Crippen molar-refractivity contribution in [1.82, 2.24) is 4.90 Å². The molecule has 94 valence electrons. The number of hydrogen-bond donors (Lipinski definition) is 0. The van der Waals surface area contributed by atoms with Gasteiger partial charge in [0.05, 0.1) is 13.3 Å². The molecule has 3 nitrogen and oxygen atoms in total. The van der Waals surface area contributed by atoms with Crippen molar-refractivity contribution in [3.8, 4) is 5.75 Å². The molecule has 1 heterocycles. The summed E-state index contributed by atoms with van der Waals surface area (Å²) in [6.07, 6.45) is 3.08. The van der Waals surface area contributed by atoms with Gasteiger partial charge >= 0.3 is 0 Å². The second-order valence-electron chi connectivity index (χ2n) is 4.56. The predicted octanol–water partition coefficient (Wildman–Crippen LogP) is 2.57. The van der Waals surface area contributed by atoms with Gasteiger partial charge in [0, 0.05) is 25.3 Å². The molecule has 1 fully saturated rings. The topological polar surface area (TPSA) is 15.7 Å². The van der Waals surface area contributed by atoms with E-state index < -0.39 is 0 Å². The molecular formula is C14H22N2O. The van der Waals surface area contributed by atoms with Crippen LogP contribution < -0.4 is 9.64 Å². The van der Waals surface area contributed by atoms with Crippen molar-refractivity contribution < 1.29 is 4.74 Å². The van der Waals surface area contributed by atoms with E-state index in [0.717, 1.165) is 12.3 Å². The summed E-state index contributed by atoms with van der Waals surface area (Å²) in [5.41, 5.74) is 1.23. The zero-order chi connectivity index (χ0) is 12.3. The van der Waals surface area contributed by atoms with Gasteiger partial charge in [0.25, 0.3) is 0 Å². The molecular weight excluding hydrogens is 212 g/mol. The van der Waals surface area contributed by atoms with Crippen LogP contribution in [-0.2, 0) is 0 Å². The lowest BCUT2D eigenvalue weighted by Crippen LogP contribution is -2.42. The van der Waals surface area contributed by atoms with Crippen molar-refractivity contribution in [3.63, 3.8) is 0 Å². The van der Waals surface area contributed by atoms with E-state index in [1.807, 2.05) is 6.07 Å². The Balaban J connectivity index is 2.15. The minimum Gasteiger partial charge on any atom is -0.497 e. The van der Waals surface area contributed by atoms with E-state index in [2.05, 4.69) is 42.0 Å². The molecule has 2 rings (SSSR count). The van der Waals surface area contributed by atoms with Crippen LogP contribution in [0.1, 0.15) is 19.8 Å². The highest BCUT2D eigenvalue weighted by Gasteiger charge is 2.26. The first-order chi connectivity index (χ1) is 8.26. The lowest BCUT2D eigenvalue weighted by atomic mass is 10.2. The van der Waals surface area contributed by atoms with Crippen LogP contribution in [0.5, 0.6) is 5.75 Å². The van der Waals surface area contributed by atoms with Gasteiger partial charge in [-0.2, -0.15) is 0 Å². The Morgan fingerprint density at radius 3 is 3.00 bits per heavy atom. The SMILES string of the molecule is CCN1CCCC1N(C)c1cccc(OC)c1. The molecule has 0 bridgehead atoms. The molecule has 3 heteroatoms. The highest BCUT2D eigenvalue weighted by atomic mass is 16.5. The Morgan fingerprint density at radius 2 is 2.29 bits per heavy atom. The Kier molecular flexibility index (Phi) is 3.89. The van der Waals surface area contributed by atoms with E-state index >= 15 is 0 Å². The third-order valence-corrected chi connectivity index (χ3v) is 3.64. The number of hydrogen-bond acceptors (Lipinski definition) is 3. The molecule has 17 heavy (non-hydrogen) atoms. The molecule has 1 aliphatic heterocycles. The number of rotatable bonds is 4. The van der Waals surface area contributed by atoms with Crippen LogP contribution >= 0.6 is 0 Å². The lowest BCUT2D eigenvalue weighted by molar-refractivity contribution is 0.265. The van der Waals surface area contributed by atoms with Crippen LogP contribution in [0.3, 0.4) is 0 Å². The average Bonchev–Trinajstić information content (AvgIpc) is 2.86. The number of benzene rings is 1. The molecule has 0 aromatic heterocycles. The Bertz CT molecular complexity index is 367. The van der Waals surface area contributed by atoms with Crippen LogP contribution in [-0.4, -0.2) is 38.3 Å². The molecule has 0 amide bonds. The maximum absolute atomic E-state index is 5.28. The van der Waals surface area contributed by atoms with Crippen molar-refractivity contribution in [2.24, 2.45) is 0 Å². The van der Waals surface area contributed by atoms with Gasteiger partial charge in [-0.25, -0.2) is 0 Å². The predicted molar refractivity (Wildman–Crippen MR) is 71.7 cm³/mol. The van der Waals surface area contributed by atoms with Gasteiger partial charge in [-0.3, -0.25) is 4.90 Å². The van der Waals surface area contributed by atoms with Gasteiger partial charge in [0.15, 0.2) is 0 Å². The zero-order valence-corrected chi connectivity index (χ0v) is 11.0. The summed E-state index contributed by atoms with van der Waals surface area (Å²) in [4.78, 5) is 4.89. The minimum absolute atomic E-state index is 0.534. The maximum Gasteiger partial charge on any atom is 0.120 e. The van der Waals surface area contributed by atoms with Crippen LogP contribution in [0.4, 0.5) is 5.69 Å². The smallest absolute Gasteiger partial charge is 0.120 e. The van der Waals surface area contributed by atoms with Crippen molar-refractivity contribution in [2.75, 3.05) is 32.1 Å². The van der Waals surface area contributed by atoms with Crippen molar-refractivity contribution in [1.29, 1.82) is 0 Å². The molecule has 0 N–H and O–H groups in total. The fourth-order valence-electron chi connectivity index (χ4n) is 2.62. The summed E-state index contributed by atoms with van der Waals surface area (Å²) in [6.45, 7) is 4.58. The molecule has 0 aliphatic carbocycles. The van der Waals surface area contributed by atoms with Crippen LogP contribution in [0.2, 0.25) is 0 Å². The van der Waals surface area contributed by atoms with E-state index in [1.165, 1.54) is 25.1 Å². The average molecular weight is 234 g/mol. The van der Waals surface area contributed by atoms with Crippen molar-refractivity contribution >= 4 is 5.69 Å². The van der Waals surface area contributed by atoms with E-state index in [9.17, 15) is 0 Å². The van der Waals surface area contributed by atoms with Gasteiger partial charge in [-0.05, 0) is 31.5 Å². The Labute approximate surface area is 104 Å². The summed E-state index contributed by atoms with van der Waals surface area (Å²) in [5, 5.41) is 0. The van der Waals surface area contributed by atoms with E-state index in [0.29, 0.717) is 6.17 Å². The molecule has 0 saturated carbocycles. The summed E-state index contributed by atoms with van der Waals surface area (Å²) in [7, 11) is 3.89. The second kappa shape index (κ2) is 5.41. The monoisotopic (exact) mass is 234 g/mol. The highest BCUT2D eigenvalue weighted by Crippen LogP contribution is 2.27. The van der Waals surface area contributed by atoms with Gasteiger partial charge in [0.1, 0.15) is 5.75 Å². The highest BCUT2D eigenvalue weighted by molar-refractivity contribution is 5.50. The molecule has 1 aliphatic rings. The van der Waals surface area contributed by atoms with Gasteiger partial charge in [0.2, 0.25) is 0 Å². The number of anilines is 1. The van der Waals surface area contributed by atoms with Gasteiger partial charge in [-0.1, -0.05) is 13.0 Å². The zero-order valence-electron chi connectivity index (χ0n) is 11.0. The van der Waals surface area contributed by atoms with E-state index in [4.69, 9.17) is 4.74 Å². The molecule has 1 saturated heterocycles. The first kappa shape index (κ1) is 12.2. The lowest BCUT2D eigenvalue weighted by Gasteiger charge is -2.33. The van der Waals surface area contributed by atoms with Crippen LogP contribution in [0.25, 0.3) is 0 Å².